The Balaban J connectivity index is 4.03. The molecule has 0 aliphatic carbocycles. The lowest BCUT2D eigenvalue weighted by molar-refractivity contribution is 0.197. The molecule has 66 valence electrons. The Bertz CT molecular complexity index is 137. The first-order valence-electron chi connectivity index (χ1n) is 3.62. The Morgan fingerprint density at radius 1 is 1.36 bits per heavy atom. The van der Waals surface area contributed by atoms with Gasteiger partial charge in [0.2, 0.25) is 0 Å². The van der Waals surface area contributed by atoms with Gasteiger partial charge in [-0.1, -0.05) is 13.8 Å². The van der Waals surface area contributed by atoms with Crippen molar-refractivity contribution in [2.75, 3.05) is 13.7 Å². The van der Waals surface area contributed by atoms with Crippen LogP contribution in [0.5, 0.6) is 0 Å². The number of hydrogen-bond donors (Lipinski definition) is 0. The van der Waals surface area contributed by atoms with Gasteiger partial charge < -0.3 is 4.74 Å². The fraction of sp³-hybridized carbons (Fsp3) is 0.750. The van der Waals surface area contributed by atoms with Crippen LogP contribution in [0.15, 0.2) is 11.7 Å². The van der Waals surface area contributed by atoms with E-state index in [1.165, 1.54) is 7.11 Å². The highest BCUT2D eigenvalue weighted by molar-refractivity contribution is 5.05. The molecule has 0 unspecified atom stereocenters. The normalized spacial score (nSPS) is 10.4. The third-order valence-corrected chi connectivity index (χ3v) is 1.52. The molecule has 0 aromatic rings. The smallest absolute Gasteiger partial charge is 0.269 e. The summed E-state index contributed by atoms with van der Waals surface area (Å²) in [5, 5.41) is 0. The first-order chi connectivity index (χ1) is 5.09. The van der Waals surface area contributed by atoms with Crippen molar-refractivity contribution in [1.82, 2.24) is 0 Å². The lowest BCUT2D eigenvalue weighted by atomic mass is 10.0. The second-order valence-electron chi connectivity index (χ2n) is 2.68. The van der Waals surface area contributed by atoms with E-state index in [-0.39, 0.29) is 11.5 Å². The molecule has 0 aliphatic rings. The monoisotopic (exact) mass is 164 g/mol. The molecule has 0 aromatic heterocycles. The van der Waals surface area contributed by atoms with Crippen molar-refractivity contribution >= 4 is 0 Å². The average Bonchev–Trinajstić information content (AvgIpc) is 1.87. The van der Waals surface area contributed by atoms with Gasteiger partial charge in [0.05, 0.1) is 6.61 Å². The molecule has 0 amide bonds. The summed E-state index contributed by atoms with van der Waals surface area (Å²) < 4.78 is 28.9. The van der Waals surface area contributed by atoms with Crippen molar-refractivity contribution in [2.45, 2.75) is 20.3 Å². The van der Waals surface area contributed by atoms with Gasteiger partial charge in [-0.3, -0.25) is 0 Å². The predicted molar refractivity (Wildman–Crippen MR) is 40.6 cm³/mol. The Morgan fingerprint density at radius 3 is 2.18 bits per heavy atom. The fourth-order valence-corrected chi connectivity index (χ4v) is 0.813. The molecule has 11 heavy (non-hydrogen) atoms. The molecule has 0 fully saturated rings. The summed E-state index contributed by atoms with van der Waals surface area (Å²) in [4.78, 5) is 0. The van der Waals surface area contributed by atoms with E-state index >= 15 is 0 Å². The molecule has 0 spiro atoms. The molecule has 0 N–H and O–H groups in total. The highest BCUT2D eigenvalue weighted by atomic mass is 19.3. The van der Waals surface area contributed by atoms with Crippen LogP contribution in [0, 0.1) is 5.92 Å². The minimum Gasteiger partial charge on any atom is -0.384 e. The second kappa shape index (κ2) is 5.24. The van der Waals surface area contributed by atoms with Crippen molar-refractivity contribution in [3.8, 4) is 0 Å². The van der Waals surface area contributed by atoms with Crippen LogP contribution >= 0.6 is 0 Å². The van der Waals surface area contributed by atoms with Crippen molar-refractivity contribution < 1.29 is 13.5 Å². The van der Waals surface area contributed by atoms with Gasteiger partial charge in [-0.15, -0.1) is 0 Å². The van der Waals surface area contributed by atoms with Gasteiger partial charge in [0.25, 0.3) is 6.08 Å². The molecule has 0 bridgehead atoms. The summed E-state index contributed by atoms with van der Waals surface area (Å²) in [5.74, 6) is -0.0878. The van der Waals surface area contributed by atoms with E-state index in [4.69, 9.17) is 4.74 Å². The van der Waals surface area contributed by atoms with Crippen molar-refractivity contribution in [3.05, 3.63) is 11.7 Å². The minimum absolute atomic E-state index is 0.0878. The molecule has 0 atom stereocenters. The molecule has 0 radical (unpaired) electrons. The highest BCUT2D eigenvalue weighted by Gasteiger charge is 2.09. The molecule has 0 rings (SSSR count). The van der Waals surface area contributed by atoms with Gasteiger partial charge in [-0.2, -0.15) is 8.78 Å². The molecule has 3 heteroatoms. The van der Waals surface area contributed by atoms with Gasteiger partial charge in [0.15, 0.2) is 0 Å². The number of rotatable bonds is 4. The summed E-state index contributed by atoms with van der Waals surface area (Å²) in [6, 6.07) is 0. The summed E-state index contributed by atoms with van der Waals surface area (Å²) in [6.45, 7) is 3.87. The summed E-state index contributed by atoms with van der Waals surface area (Å²) >= 11 is 0. The zero-order valence-electron chi connectivity index (χ0n) is 7.16. The Kier molecular flexibility index (Phi) is 5.03. The van der Waals surface area contributed by atoms with Gasteiger partial charge in [-0.25, -0.2) is 0 Å². The van der Waals surface area contributed by atoms with Crippen LogP contribution in [0.1, 0.15) is 20.3 Å². The van der Waals surface area contributed by atoms with E-state index in [0.717, 1.165) is 0 Å². The van der Waals surface area contributed by atoms with Gasteiger partial charge in [0.1, 0.15) is 0 Å². The zero-order valence-corrected chi connectivity index (χ0v) is 7.16. The first kappa shape index (κ1) is 10.6. The quantitative estimate of drug-likeness (QED) is 0.620. The average molecular weight is 164 g/mol. The standard InChI is InChI=1S/C8H14F2O/c1-6(2)7(8(9)10)4-5-11-3/h6H,4-5H2,1-3H3. The van der Waals surface area contributed by atoms with Crippen molar-refractivity contribution in [3.63, 3.8) is 0 Å². The predicted octanol–water partition coefficient (Wildman–Crippen LogP) is 2.83. The Hall–Kier alpha value is -0.440. The maximum atomic E-state index is 12.1. The summed E-state index contributed by atoms with van der Waals surface area (Å²) in [5.41, 5.74) is 0.201. The summed E-state index contributed by atoms with van der Waals surface area (Å²) in [6.07, 6.45) is -1.23. The first-order valence-corrected chi connectivity index (χ1v) is 3.62. The summed E-state index contributed by atoms with van der Waals surface area (Å²) in [7, 11) is 1.51. The van der Waals surface area contributed by atoms with E-state index in [2.05, 4.69) is 0 Å². The Labute approximate surface area is 66.0 Å². The molecule has 0 saturated heterocycles. The SMILES string of the molecule is COCCC(=C(F)F)C(C)C. The number of methoxy groups -OCH3 is 1. The van der Waals surface area contributed by atoms with Crippen LogP contribution in [0.3, 0.4) is 0 Å². The van der Waals surface area contributed by atoms with Gasteiger partial charge in [-0.05, 0) is 17.9 Å². The molecule has 0 saturated carbocycles. The molecule has 0 aliphatic heterocycles. The van der Waals surface area contributed by atoms with E-state index in [9.17, 15) is 8.78 Å². The highest BCUT2D eigenvalue weighted by Crippen LogP contribution is 2.20. The van der Waals surface area contributed by atoms with Crippen molar-refractivity contribution in [1.29, 1.82) is 0 Å². The number of ether oxygens (including phenoxy) is 1. The molecular formula is C8H14F2O. The molecule has 0 heterocycles. The van der Waals surface area contributed by atoms with E-state index in [0.29, 0.717) is 13.0 Å². The van der Waals surface area contributed by atoms with Crippen LogP contribution in [0.2, 0.25) is 0 Å². The topological polar surface area (TPSA) is 9.23 Å². The molecular weight excluding hydrogens is 150 g/mol. The maximum absolute atomic E-state index is 12.1. The van der Waals surface area contributed by atoms with E-state index in [1.54, 1.807) is 13.8 Å². The van der Waals surface area contributed by atoms with Crippen molar-refractivity contribution in [2.24, 2.45) is 5.92 Å². The third-order valence-electron chi connectivity index (χ3n) is 1.52. The van der Waals surface area contributed by atoms with Crippen LogP contribution in [-0.4, -0.2) is 13.7 Å². The van der Waals surface area contributed by atoms with Crippen LogP contribution in [-0.2, 0) is 4.74 Å². The zero-order chi connectivity index (χ0) is 8.85. The molecule has 1 nitrogen and oxygen atoms in total. The maximum Gasteiger partial charge on any atom is 0.269 e. The fourth-order valence-electron chi connectivity index (χ4n) is 0.813. The van der Waals surface area contributed by atoms with Gasteiger partial charge in [0, 0.05) is 7.11 Å². The Morgan fingerprint density at radius 2 is 1.91 bits per heavy atom. The minimum atomic E-state index is -1.56. The molecule has 0 aromatic carbocycles. The third kappa shape index (κ3) is 4.09. The number of hydrogen-bond acceptors (Lipinski definition) is 1. The second-order valence-corrected chi connectivity index (χ2v) is 2.68. The lowest BCUT2D eigenvalue weighted by Crippen LogP contribution is -2.00. The number of halogens is 2. The van der Waals surface area contributed by atoms with E-state index in [1.807, 2.05) is 0 Å². The van der Waals surface area contributed by atoms with Gasteiger partial charge >= 0.3 is 0 Å². The lowest BCUT2D eigenvalue weighted by Gasteiger charge is -2.08. The van der Waals surface area contributed by atoms with Crippen LogP contribution in [0.4, 0.5) is 8.78 Å². The largest absolute Gasteiger partial charge is 0.384 e. The van der Waals surface area contributed by atoms with Crippen LogP contribution in [0.25, 0.3) is 0 Å². The van der Waals surface area contributed by atoms with E-state index < -0.39 is 6.08 Å². The van der Waals surface area contributed by atoms with Crippen LogP contribution < -0.4 is 0 Å².